The Kier molecular flexibility index (Phi) is 7.41. The van der Waals surface area contributed by atoms with Crippen LogP contribution in [0.15, 0.2) is 54.4 Å². The molecule has 2 N–H and O–H groups in total. The van der Waals surface area contributed by atoms with Crippen LogP contribution in [-0.4, -0.2) is 21.0 Å². The Bertz CT molecular complexity index is 1060. The van der Waals surface area contributed by atoms with Gasteiger partial charge in [0.2, 0.25) is 5.91 Å². The van der Waals surface area contributed by atoms with Crippen LogP contribution in [0.4, 0.5) is 14.6 Å². The Morgan fingerprint density at radius 3 is 2.84 bits per heavy atom. The molecule has 2 aromatic rings. The fourth-order valence-electron chi connectivity index (χ4n) is 3.47. The molecule has 0 saturated heterocycles. The van der Waals surface area contributed by atoms with Gasteiger partial charge in [-0.2, -0.15) is 0 Å². The van der Waals surface area contributed by atoms with Gasteiger partial charge < -0.3 is 10.4 Å². The average molecular weight is 425 g/mol. The summed E-state index contributed by atoms with van der Waals surface area (Å²) in [5.41, 5.74) is 3.77. The van der Waals surface area contributed by atoms with Crippen molar-refractivity contribution in [1.82, 2.24) is 9.97 Å². The first-order valence-corrected chi connectivity index (χ1v) is 10.2. The average Bonchev–Trinajstić information content (AvgIpc) is 2.74. The van der Waals surface area contributed by atoms with Crippen LogP contribution < -0.4 is 5.32 Å². The number of rotatable bonds is 7. The number of anilines is 1. The molecule has 1 aromatic heterocycles. The first-order chi connectivity index (χ1) is 14.9. The second-order valence-corrected chi connectivity index (χ2v) is 7.33. The molecule has 0 fully saturated rings. The molecule has 1 aliphatic rings. The largest absolute Gasteiger partial charge is 0.387 e. The Morgan fingerprint density at radius 2 is 2.13 bits per heavy atom. The SMILES string of the molecule is CC\C=C/C(=C\C=C\F)CC(=O)Nc1nc2c(nc1C(C)O)-c1ccc(F)cc1CC2. The minimum Gasteiger partial charge on any atom is -0.387 e. The van der Waals surface area contributed by atoms with Crippen molar-refractivity contribution < 1.29 is 18.7 Å². The lowest BCUT2D eigenvalue weighted by molar-refractivity contribution is -0.115. The normalized spacial score (nSPS) is 14.5. The molecule has 5 nitrogen and oxygen atoms in total. The number of hydrogen-bond donors (Lipinski definition) is 2. The number of allylic oxidation sites excluding steroid dienone is 4. The van der Waals surface area contributed by atoms with Gasteiger partial charge in [-0.3, -0.25) is 4.79 Å². The molecule has 1 unspecified atom stereocenters. The molecule has 3 rings (SSSR count). The van der Waals surface area contributed by atoms with Crippen LogP contribution in [0.1, 0.15) is 49.7 Å². The summed E-state index contributed by atoms with van der Waals surface area (Å²) in [6, 6.07) is 4.52. The number of aliphatic hydroxyl groups is 1. The van der Waals surface area contributed by atoms with Gasteiger partial charge in [-0.25, -0.2) is 18.7 Å². The number of carbonyl (C=O) groups excluding carboxylic acids is 1. The summed E-state index contributed by atoms with van der Waals surface area (Å²) in [5.74, 6) is -0.462. The van der Waals surface area contributed by atoms with Crippen molar-refractivity contribution in [2.75, 3.05) is 5.32 Å². The van der Waals surface area contributed by atoms with E-state index in [9.17, 15) is 18.7 Å². The van der Waals surface area contributed by atoms with Crippen molar-refractivity contribution in [2.24, 2.45) is 0 Å². The third-order valence-electron chi connectivity index (χ3n) is 4.92. The van der Waals surface area contributed by atoms with Gasteiger partial charge in [-0.1, -0.05) is 25.2 Å². The van der Waals surface area contributed by atoms with E-state index in [1.54, 1.807) is 19.1 Å². The highest BCUT2D eigenvalue weighted by molar-refractivity contribution is 5.92. The molecule has 1 aliphatic carbocycles. The second-order valence-electron chi connectivity index (χ2n) is 7.33. The first-order valence-electron chi connectivity index (χ1n) is 10.2. The lowest BCUT2D eigenvalue weighted by atomic mass is 9.91. The molecule has 0 saturated carbocycles. The van der Waals surface area contributed by atoms with Crippen LogP contribution in [0.2, 0.25) is 0 Å². The van der Waals surface area contributed by atoms with Crippen LogP contribution in [0.3, 0.4) is 0 Å². The maximum absolute atomic E-state index is 13.6. The van der Waals surface area contributed by atoms with E-state index < -0.39 is 6.10 Å². The summed E-state index contributed by atoms with van der Waals surface area (Å²) in [6.45, 7) is 3.51. The van der Waals surface area contributed by atoms with Gasteiger partial charge in [0.1, 0.15) is 11.5 Å². The Labute approximate surface area is 180 Å². The van der Waals surface area contributed by atoms with E-state index in [0.717, 1.165) is 17.5 Å². The van der Waals surface area contributed by atoms with Crippen molar-refractivity contribution in [3.8, 4) is 11.3 Å². The molecule has 162 valence electrons. The highest BCUT2D eigenvalue weighted by Gasteiger charge is 2.24. The molecular weight excluding hydrogens is 400 g/mol. The molecule has 1 aromatic carbocycles. The summed E-state index contributed by atoms with van der Waals surface area (Å²) < 4.78 is 26.0. The van der Waals surface area contributed by atoms with E-state index >= 15 is 0 Å². The summed E-state index contributed by atoms with van der Waals surface area (Å²) in [5, 5.41) is 13.0. The van der Waals surface area contributed by atoms with E-state index in [-0.39, 0.29) is 29.7 Å². The predicted molar refractivity (Wildman–Crippen MR) is 116 cm³/mol. The predicted octanol–water partition coefficient (Wildman–Crippen LogP) is 5.14. The van der Waals surface area contributed by atoms with Crippen molar-refractivity contribution in [3.63, 3.8) is 0 Å². The van der Waals surface area contributed by atoms with Gasteiger partial charge in [-0.15, -0.1) is 0 Å². The highest BCUT2D eigenvalue weighted by atomic mass is 19.1. The number of aryl methyl sites for hydroxylation is 2. The maximum Gasteiger partial charge on any atom is 0.229 e. The number of nitrogens with one attached hydrogen (secondary N) is 1. The quantitative estimate of drug-likeness (QED) is 0.603. The Morgan fingerprint density at radius 1 is 1.32 bits per heavy atom. The number of benzene rings is 1. The number of aliphatic hydroxyl groups excluding tert-OH is 1. The van der Waals surface area contributed by atoms with E-state index in [2.05, 4.69) is 15.3 Å². The van der Waals surface area contributed by atoms with Gasteiger partial charge in [0.25, 0.3) is 0 Å². The minimum atomic E-state index is -0.969. The third kappa shape index (κ3) is 5.49. The summed E-state index contributed by atoms with van der Waals surface area (Å²) in [4.78, 5) is 21.8. The van der Waals surface area contributed by atoms with E-state index in [0.29, 0.717) is 36.1 Å². The highest BCUT2D eigenvalue weighted by Crippen LogP contribution is 2.34. The number of halogens is 2. The lowest BCUT2D eigenvalue weighted by Crippen LogP contribution is -2.19. The van der Waals surface area contributed by atoms with Crippen LogP contribution in [0.5, 0.6) is 0 Å². The molecule has 0 bridgehead atoms. The van der Waals surface area contributed by atoms with Gasteiger partial charge in [0, 0.05) is 5.56 Å². The maximum atomic E-state index is 13.6. The van der Waals surface area contributed by atoms with Crippen molar-refractivity contribution in [2.45, 2.75) is 45.6 Å². The molecule has 0 aliphatic heterocycles. The third-order valence-corrected chi connectivity index (χ3v) is 4.92. The molecule has 1 heterocycles. The zero-order chi connectivity index (χ0) is 22.4. The van der Waals surface area contributed by atoms with E-state index in [1.165, 1.54) is 24.3 Å². The topological polar surface area (TPSA) is 75.1 Å². The first kappa shape index (κ1) is 22.5. The van der Waals surface area contributed by atoms with Gasteiger partial charge in [0.15, 0.2) is 5.82 Å². The fraction of sp³-hybridized carbons (Fsp3) is 0.292. The van der Waals surface area contributed by atoms with Crippen molar-refractivity contribution in [3.05, 3.63) is 77.2 Å². The van der Waals surface area contributed by atoms with Gasteiger partial charge in [-0.05, 0) is 61.6 Å². The Balaban J connectivity index is 1.91. The smallest absolute Gasteiger partial charge is 0.229 e. The standard InChI is InChI=1S/C24H25F2N3O2/c1-3-4-6-16(7-5-12-25)13-21(31)28-24-22(15(2)30)29-23-19-10-9-18(26)14-17(19)8-11-20(23)27-24/h4-7,9-10,12,14-15,30H,3,8,11,13H2,1-2H3,(H,27,28,31)/b6-4-,12-5+,16-7+. The number of fused-ring (bicyclic) bond motifs is 3. The number of nitrogens with zero attached hydrogens (tertiary/aromatic N) is 2. The molecular formula is C24H25F2N3O2. The van der Waals surface area contributed by atoms with Gasteiger partial charge in [0.05, 0.1) is 30.2 Å². The lowest BCUT2D eigenvalue weighted by Gasteiger charge is -2.21. The Hall–Kier alpha value is -3.19. The molecule has 7 heteroatoms. The number of carbonyl (C=O) groups is 1. The van der Waals surface area contributed by atoms with Crippen LogP contribution in [0, 0.1) is 5.82 Å². The molecule has 31 heavy (non-hydrogen) atoms. The monoisotopic (exact) mass is 425 g/mol. The zero-order valence-electron chi connectivity index (χ0n) is 17.5. The number of aromatic nitrogens is 2. The summed E-state index contributed by atoms with van der Waals surface area (Å²) >= 11 is 0. The minimum absolute atomic E-state index is 0.0148. The van der Waals surface area contributed by atoms with E-state index in [1.807, 2.05) is 13.0 Å². The number of hydrogen-bond acceptors (Lipinski definition) is 4. The molecule has 1 atom stereocenters. The van der Waals surface area contributed by atoms with Crippen molar-refractivity contribution >= 4 is 11.7 Å². The van der Waals surface area contributed by atoms with Crippen molar-refractivity contribution in [1.29, 1.82) is 0 Å². The molecule has 1 amide bonds. The summed E-state index contributed by atoms with van der Waals surface area (Å²) in [7, 11) is 0. The number of amides is 1. The zero-order valence-corrected chi connectivity index (χ0v) is 17.5. The fourth-order valence-corrected chi connectivity index (χ4v) is 3.47. The van der Waals surface area contributed by atoms with Gasteiger partial charge >= 0.3 is 0 Å². The molecule has 0 spiro atoms. The van der Waals surface area contributed by atoms with E-state index in [4.69, 9.17) is 0 Å². The van der Waals surface area contributed by atoms with Crippen LogP contribution in [-0.2, 0) is 17.6 Å². The van der Waals surface area contributed by atoms with Crippen LogP contribution >= 0.6 is 0 Å². The molecule has 0 radical (unpaired) electrons. The van der Waals surface area contributed by atoms with Crippen LogP contribution in [0.25, 0.3) is 11.3 Å². The summed E-state index contributed by atoms with van der Waals surface area (Å²) in [6.07, 6.45) is 7.79. The second kappa shape index (κ2) is 10.2.